The van der Waals surface area contributed by atoms with Gasteiger partial charge in [0.1, 0.15) is 17.2 Å². The maximum atomic E-state index is 13.0. The Hall–Kier alpha value is -3.07. The minimum atomic E-state index is 0.0238. The van der Waals surface area contributed by atoms with Crippen molar-refractivity contribution >= 4 is 23.4 Å². The fourth-order valence-electron chi connectivity index (χ4n) is 3.39. The van der Waals surface area contributed by atoms with Gasteiger partial charge in [0.2, 0.25) is 11.1 Å². The lowest BCUT2D eigenvalue weighted by atomic mass is 10.0. The van der Waals surface area contributed by atoms with E-state index in [1.807, 2.05) is 47.4 Å². The number of fused-ring (bicyclic) bond motifs is 1. The summed E-state index contributed by atoms with van der Waals surface area (Å²) in [6, 6.07) is 13.3. The molecule has 9 heteroatoms. The molecule has 0 unspecified atom stereocenters. The average molecular weight is 411 g/mol. The molecule has 1 aliphatic heterocycles. The molecule has 2 aromatic carbocycles. The van der Waals surface area contributed by atoms with Gasteiger partial charge in [-0.1, -0.05) is 23.9 Å². The smallest absolute Gasteiger partial charge is 0.237 e. The minimum Gasteiger partial charge on any atom is -0.497 e. The van der Waals surface area contributed by atoms with E-state index in [1.165, 1.54) is 11.8 Å². The first-order chi connectivity index (χ1) is 14.2. The average Bonchev–Trinajstić information content (AvgIpc) is 3.25. The van der Waals surface area contributed by atoms with Crippen molar-refractivity contribution in [2.45, 2.75) is 18.0 Å². The Labute approximate surface area is 172 Å². The third-order valence-electron chi connectivity index (χ3n) is 4.79. The van der Waals surface area contributed by atoms with Crippen LogP contribution in [-0.2, 0) is 11.2 Å². The molecule has 1 amide bonds. The Morgan fingerprint density at radius 2 is 2.00 bits per heavy atom. The molecule has 0 saturated heterocycles. The molecule has 29 heavy (non-hydrogen) atoms. The van der Waals surface area contributed by atoms with Crippen LogP contribution in [0.2, 0.25) is 0 Å². The Morgan fingerprint density at radius 3 is 2.83 bits per heavy atom. The van der Waals surface area contributed by atoms with Gasteiger partial charge in [0.15, 0.2) is 0 Å². The fourth-order valence-corrected chi connectivity index (χ4v) is 4.15. The number of rotatable bonds is 6. The standard InChI is InChI=1S/C20H21N5O3S/c1-27-15-9-10-16-14(12-15)6-5-11-24(16)19(26)13-29-20-21-22-23-25(20)17-7-3-4-8-18(17)28-2/h3-4,7-10,12H,5-6,11,13H2,1-2H3. The number of carbonyl (C=O) groups is 1. The number of methoxy groups -OCH3 is 2. The number of tetrazole rings is 1. The molecule has 0 N–H and O–H groups in total. The summed E-state index contributed by atoms with van der Waals surface area (Å²) >= 11 is 1.31. The summed E-state index contributed by atoms with van der Waals surface area (Å²) in [7, 11) is 3.25. The third kappa shape index (κ3) is 3.91. The zero-order valence-electron chi connectivity index (χ0n) is 16.2. The maximum absolute atomic E-state index is 13.0. The predicted octanol–water partition coefficient (Wildman–Crippen LogP) is 2.75. The summed E-state index contributed by atoms with van der Waals surface area (Å²) in [4.78, 5) is 14.8. The van der Waals surface area contributed by atoms with E-state index in [1.54, 1.807) is 18.9 Å². The van der Waals surface area contributed by atoms with Crippen molar-refractivity contribution in [3.8, 4) is 17.2 Å². The minimum absolute atomic E-state index is 0.0238. The molecule has 3 aromatic rings. The molecular weight excluding hydrogens is 390 g/mol. The fraction of sp³-hybridized carbons (Fsp3) is 0.300. The van der Waals surface area contributed by atoms with Crippen LogP contribution < -0.4 is 14.4 Å². The molecule has 0 bridgehead atoms. The lowest BCUT2D eigenvalue weighted by molar-refractivity contribution is -0.116. The van der Waals surface area contributed by atoms with E-state index in [-0.39, 0.29) is 11.7 Å². The molecule has 1 aromatic heterocycles. The largest absolute Gasteiger partial charge is 0.497 e. The highest BCUT2D eigenvalue weighted by molar-refractivity contribution is 7.99. The summed E-state index contributed by atoms with van der Waals surface area (Å²) in [5.41, 5.74) is 2.81. The van der Waals surface area contributed by atoms with Gasteiger partial charge in [-0.25, -0.2) is 0 Å². The second kappa shape index (κ2) is 8.52. The third-order valence-corrected chi connectivity index (χ3v) is 5.69. The van der Waals surface area contributed by atoms with Crippen LogP contribution in [0.3, 0.4) is 0 Å². The van der Waals surface area contributed by atoms with Crippen molar-refractivity contribution in [3.63, 3.8) is 0 Å². The quantitative estimate of drug-likeness (QED) is 0.577. The number of aryl methyl sites for hydroxylation is 1. The number of benzene rings is 2. The van der Waals surface area contributed by atoms with E-state index in [9.17, 15) is 4.79 Å². The van der Waals surface area contributed by atoms with Crippen LogP contribution in [0.1, 0.15) is 12.0 Å². The molecular formula is C20H21N5O3S. The maximum Gasteiger partial charge on any atom is 0.237 e. The molecule has 8 nitrogen and oxygen atoms in total. The number of para-hydroxylation sites is 2. The monoisotopic (exact) mass is 411 g/mol. The summed E-state index contributed by atoms with van der Waals surface area (Å²) in [5, 5.41) is 12.4. The zero-order chi connectivity index (χ0) is 20.2. The number of ether oxygens (including phenoxy) is 2. The van der Waals surface area contributed by atoms with Crippen LogP contribution in [0.5, 0.6) is 11.5 Å². The number of carbonyl (C=O) groups excluding carboxylic acids is 1. The number of hydrogen-bond donors (Lipinski definition) is 0. The molecule has 0 aliphatic carbocycles. The van der Waals surface area contributed by atoms with Crippen LogP contribution >= 0.6 is 11.8 Å². The van der Waals surface area contributed by atoms with Crippen LogP contribution in [-0.4, -0.2) is 52.6 Å². The first kappa shape index (κ1) is 19.3. The molecule has 0 radical (unpaired) electrons. The van der Waals surface area contributed by atoms with Crippen molar-refractivity contribution in [1.82, 2.24) is 20.2 Å². The highest BCUT2D eigenvalue weighted by atomic mass is 32.2. The molecule has 150 valence electrons. The van der Waals surface area contributed by atoms with Gasteiger partial charge in [0.05, 0.1) is 20.0 Å². The van der Waals surface area contributed by atoms with Crippen LogP contribution in [0, 0.1) is 0 Å². The summed E-state index contributed by atoms with van der Waals surface area (Å²) in [5.74, 6) is 1.73. The molecule has 0 fully saturated rings. The molecule has 0 atom stereocenters. The summed E-state index contributed by atoms with van der Waals surface area (Å²) in [6.07, 6.45) is 1.87. The van der Waals surface area contributed by atoms with Crippen LogP contribution in [0.15, 0.2) is 47.6 Å². The molecule has 0 spiro atoms. The van der Waals surface area contributed by atoms with Crippen LogP contribution in [0.4, 0.5) is 5.69 Å². The topological polar surface area (TPSA) is 82.4 Å². The number of anilines is 1. The van der Waals surface area contributed by atoms with Crippen LogP contribution in [0.25, 0.3) is 5.69 Å². The van der Waals surface area contributed by atoms with Gasteiger partial charge in [-0.2, -0.15) is 4.68 Å². The van der Waals surface area contributed by atoms with Crippen molar-refractivity contribution in [2.24, 2.45) is 0 Å². The summed E-state index contributed by atoms with van der Waals surface area (Å²) < 4.78 is 12.3. The Morgan fingerprint density at radius 1 is 1.14 bits per heavy atom. The SMILES string of the molecule is COc1ccc2c(c1)CCCN2C(=O)CSc1nnnn1-c1ccccc1OC. The predicted molar refractivity (Wildman–Crippen MR) is 110 cm³/mol. The van der Waals surface area contributed by atoms with E-state index in [4.69, 9.17) is 9.47 Å². The lowest BCUT2D eigenvalue weighted by Crippen LogP contribution is -2.36. The molecule has 1 aliphatic rings. The van der Waals surface area contributed by atoms with Crippen molar-refractivity contribution in [2.75, 3.05) is 31.4 Å². The molecule has 0 saturated carbocycles. The van der Waals surface area contributed by atoms with Crippen molar-refractivity contribution < 1.29 is 14.3 Å². The second-order valence-electron chi connectivity index (χ2n) is 6.48. The Kier molecular flexibility index (Phi) is 5.66. The van der Waals surface area contributed by atoms with Gasteiger partial charge in [0.25, 0.3) is 0 Å². The van der Waals surface area contributed by atoms with E-state index >= 15 is 0 Å². The second-order valence-corrected chi connectivity index (χ2v) is 7.42. The van der Waals surface area contributed by atoms with Gasteiger partial charge in [0, 0.05) is 12.2 Å². The number of nitrogens with zero attached hydrogens (tertiary/aromatic N) is 5. The normalized spacial score (nSPS) is 13.1. The number of hydrogen-bond acceptors (Lipinski definition) is 7. The Balaban J connectivity index is 1.50. The highest BCUT2D eigenvalue weighted by Crippen LogP contribution is 2.32. The first-order valence-corrected chi connectivity index (χ1v) is 10.2. The molecule has 2 heterocycles. The van der Waals surface area contributed by atoms with E-state index in [0.29, 0.717) is 17.5 Å². The van der Waals surface area contributed by atoms with E-state index < -0.39 is 0 Å². The van der Waals surface area contributed by atoms with Gasteiger partial charge in [-0.15, -0.1) is 5.10 Å². The van der Waals surface area contributed by atoms with E-state index in [0.717, 1.165) is 35.5 Å². The van der Waals surface area contributed by atoms with E-state index in [2.05, 4.69) is 15.5 Å². The lowest BCUT2D eigenvalue weighted by Gasteiger charge is -2.29. The first-order valence-electron chi connectivity index (χ1n) is 9.23. The zero-order valence-corrected chi connectivity index (χ0v) is 17.1. The molecule has 4 rings (SSSR count). The van der Waals surface area contributed by atoms with Crippen molar-refractivity contribution in [3.05, 3.63) is 48.0 Å². The number of aromatic nitrogens is 4. The Bertz CT molecular complexity index is 1020. The van der Waals surface area contributed by atoms with Gasteiger partial charge >= 0.3 is 0 Å². The van der Waals surface area contributed by atoms with Gasteiger partial charge in [-0.3, -0.25) is 4.79 Å². The number of amides is 1. The summed E-state index contributed by atoms with van der Waals surface area (Å²) in [6.45, 7) is 0.705. The number of thioether (sulfide) groups is 1. The van der Waals surface area contributed by atoms with Crippen molar-refractivity contribution in [1.29, 1.82) is 0 Å². The highest BCUT2D eigenvalue weighted by Gasteiger charge is 2.24. The van der Waals surface area contributed by atoms with Gasteiger partial charge < -0.3 is 14.4 Å². The van der Waals surface area contributed by atoms with Gasteiger partial charge in [-0.05, 0) is 59.2 Å².